The van der Waals surface area contributed by atoms with Crippen LogP contribution in [0.2, 0.25) is 0 Å². The molecule has 1 heterocycles. The fraction of sp³-hybridized carbons (Fsp3) is 0.460. The molecule has 5 heteroatoms. The van der Waals surface area contributed by atoms with Gasteiger partial charge in [0.2, 0.25) is 0 Å². The fourth-order valence-corrected chi connectivity index (χ4v) is 12.6. The molecular weight excluding hydrogens is 671 g/mol. The summed E-state index contributed by atoms with van der Waals surface area (Å²) < 4.78 is 0. The van der Waals surface area contributed by atoms with Crippen LogP contribution >= 0.6 is 0 Å². The number of nitriles is 2. The number of rotatable bonds is 6. The van der Waals surface area contributed by atoms with Crippen molar-refractivity contribution in [2.24, 2.45) is 35.5 Å². The summed E-state index contributed by atoms with van der Waals surface area (Å²) in [5.74, 6) is 6.55. The molecule has 9 rings (SSSR count). The second kappa shape index (κ2) is 14.0. The minimum Gasteiger partial charge on any atom is -0.208 e. The molecule has 1 aromatic heterocycles. The first-order chi connectivity index (χ1) is 26.6. The van der Waals surface area contributed by atoms with Gasteiger partial charge in [0.25, 0.3) is 0 Å². The maximum atomic E-state index is 10.2. The van der Waals surface area contributed by atoms with Gasteiger partial charge in [0.05, 0.1) is 23.3 Å². The zero-order chi connectivity index (χ0) is 37.9. The van der Waals surface area contributed by atoms with Crippen LogP contribution in [0.3, 0.4) is 0 Å². The molecule has 0 spiro atoms. The second-order valence-corrected chi connectivity index (χ2v) is 18.7. The van der Waals surface area contributed by atoms with E-state index in [2.05, 4.69) is 88.4 Å². The highest BCUT2D eigenvalue weighted by Gasteiger charge is 2.46. The van der Waals surface area contributed by atoms with Crippen LogP contribution in [0.15, 0.2) is 78.9 Å². The first kappa shape index (κ1) is 35.8. The van der Waals surface area contributed by atoms with E-state index in [1.807, 2.05) is 18.2 Å². The lowest BCUT2D eigenvalue weighted by molar-refractivity contribution is 0.0702. The van der Waals surface area contributed by atoms with E-state index in [0.717, 1.165) is 63.0 Å². The van der Waals surface area contributed by atoms with Crippen molar-refractivity contribution < 1.29 is 0 Å². The quantitative estimate of drug-likeness (QED) is 0.174. The number of hydrogen-bond donors (Lipinski definition) is 0. The first-order valence-corrected chi connectivity index (χ1v) is 21.0. The second-order valence-electron chi connectivity index (χ2n) is 18.7. The van der Waals surface area contributed by atoms with E-state index in [1.165, 1.54) is 81.8 Å². The summed E-state index contributed by atoms with van der Waals surface area (Å²) >= 11 is 0. The van der Waals surface area contributed by atoms with E-state index in [0.29, 0.717) is 28.6 Å². The van der Waals surface area contributed by atoms with E-state index in [9.17, 15) is 10.5 Å². The van der Waals surface area contributed by atoms with Crippen LogP contribution in [0.4, 0.5) is 0 Å². The van der Waals surface area contributed by atoms with E-state index < -0.39 is 0 Å². The van der Waals surface area contributed by atoms with Crippen molar-refractivity contribution in [1.29, 1.82) is 10.5 Å². The zero-order valence-electron chi connectivity index (χ0n) is 33.0. The molecule has 4 bridgehead atoms. The van der Waals surface area contributed by atoms with Gasteiger partial charge in [-0.25, -0.2) is 15.0 Å². The Kier molecular flexibility index (Phi) is 9.12. The molecule has 0 N–H and O–H groups in total. The molecule has 55 heavy (non-hydrogen) atoms. The lowest BCUT2D eigenvalue weighted by Gasteiger charge is -2.51. The molecule has 4 saturated carbocycles. The molecule has 278 valence electrons. The highest BCUT2D eigenvalue weighted by Crippen LogP contribution is 2.56. The smallest absolute Gasteiger partial charge is 0.164 e. The Hall–Kier alpha value is -4.87. The Bertz CT molecular complexity index is 2310. The van der Waals surface area contributed by atoms with Gasteiger partial charge in [-0.2, -0.15) is 10.5 Å². The number of fused-ring (bicyclic) bond motifs is 5. The SMILES string of the molecule is CC[C@H]1C[C@H]2C[C@@H](C)CC(c3ccc(-c4nc(-c5ccc(C67CC(C)C[C@H](C[C@H](C)C6)C7)cc5)nc(-c5cc(C#N)c6cc(C#N)ccc6c5)n4)cc3)(C2)C1. The molecule has 4 aliphatic rings. The summed E-state index contributed by atoms with van der Waals surface area (Å²) in [7, 11) is 0. The lowest BCUT2D eigenvalue weighted by Crippen LogP contribution is -2.42. The molecule has 8 atom stereocenters. The van der Waals surface area contributed by atoms with E-state index >= 15 is 0 Å². The molecule has 0 aliphatic heterocycles. The Balaban J connectivity index is 1.13. The van der Waals surface area contributed by atoms with Gasteiger partial charge in [0.15, 0.2) is 17.5 Å². The Morgan fingerprint density at radius 2 is 1.07 bits per heavy atom. The van der Waals surface area contributed by atoms with Crippen molar-refractivity contribution in [2.45, 2.75) is 109 Å². The van der Waals surface area contributed by atoms with Gasteiger partial charge in [-0.05, 0) is 151 Å². The van der Waals surface area contributed by atoms with Crippen molar-refractivity contribution in [1.82, 2.24) is 15.0 Å². The summed E-state index contributed by atoms with van der Waals surface area (Å²) in [5, 5.41) is 21.4. The average molecular weight is 724 g/mol. The third kappa shape index (κ3) is 6.65. The molecular formula is C50H53N5. The monoisotopic (exact) mass is 723 g/mol. The minimum atomic E-state index is 0.255. The summed E-state index contributed by atoms with van der Waals surface area (Å²) in [6.45, 7) is 9.72. The third-order valence-electron chi connectivity index (χ3n) is 14.3. The molecule has 4 fully saturated rings. The van der Waals surface area contributed by atoms with Crippen LogP contribution in [0.1, 0.15) is 121 Å². The average Bonchev–Trinajstić information content (AvgIpc) is 3.19. The van der Waals surface area contributed by atoms with Crippen molar-refractivity contribution in [2.75, 3.05) is 0 Å². The predicted octanol–water partition coefficient (Wildman–Crippen LogP) is 12.4. The van der Waals surface area contributed by atoms with Gasteiger partial charge < -0.3 is 0 Å². The van der Waals surface area contributed by atoms with Gasteiger partial charge >= 0.3 is 0 Å². The van der Waals surface area contributed by atoms with Gasteiger partial charge in [-0.15, -0.1) is 0 Å². The topological polar surface area (TPSA) is 86.2 Å². The predicted molar refractivity (Wildman–Crippen MR) is 221 cm³/mol. The highest BCUT2D eigenvalue weighted by atomic mass is 15.0. The van der Waals surface area contributed by atoms with Crippen LogP contribution in [0, 0.1) is 58.2 Å². The maximum Gasteiger partial charge on any atom is 0.164 e. The Labute approximate surface area is 327 Å². The van der Waals surface area contributed by atoms with Gasteiger partial charge in [0.1, 0.15) is 0 Å². The third-order valence-corrected chi connectivity index (χ3v) is 14.3. The van der Waals surface area contributed by atoms with Crippen LogP contribution in [-0.4, -0.2) is 15.0 Å². The maximum absolute atomic E-state index is 10.2. The molecule has 0 amide bonds. The van der Waals surface area contributed by atoms with Crippen LogP contribution in [-0.2, 0) is 10.8 Å². The number of hydrogen-bond acceptors (Lipinski definition) is 5. The number of nitrogens with zero attached hydrogens (tertiary/aromatic N) is 5. The zero-order valence-corrected chi connectivity index (χ0v) is 33.0. The first-order valence-electron chi connectivity index (χ1n) is 21.0. The molecule has 4 aliphatic carbocycles. The van der Waals surface area contributed by atoms with Gasteiger partial charge in [-0.1, -0.05) is 88.7 Å². The van der Waals surface area contributed by atoms with Gasteiger partial charge in [0, 0.05) is 22.1 Å². The van der Waals surface area contributed by atoms with Crippen molar-refractivity contribution >= 4 is 10.8 Å². The van der Waals surface area contributed by atoms with Crippen molar-refractivity contribution in [3.8, 4) is 46.3 Å². The molecule has 0 radical (unpaired) electrons. The normalized spacial score (nSPS) is 30.0. The summed E-state index contributed by atoms with van der Waals surface area (Å²) in [4.78, 5) is 15.4. The van der Waals surface area contributed by atoms with Crippen LogP contribution in [0.25, 0.3) is 44.9 Å². The molecule has 4 aromatic carbocycles. The summed E-state index contributed by atoms with van der Waals surface area (Å²) in [5.41, 5.74) is 7.18. The standard InChI is InChI=1S/C50H53N5/c1-5-34-19-37-18-33(4)25-50(26-34,28-37)44-14-10-39(11-15-44)47-53-46(38-8-12-43(13-9-38)49-23-31(2)16-36(27-49)17-32(3)24-49)54-48(55-47)41-21-40-7-6-35(29-51)20-45(40)42(22-41)30-52/h6-15,20-22,31-34,36-37H,5,16-19,23-28H2,1-4H3/t31-,32?,33+,34-,36-,37+,49?,50?/m0/s1. The van der Waals surface area contributed by atoms with Crippen molar-refractivity contribution in [3.63, 3.8) is 0 Å². The Morgan fingerprint density at radius 3 is 1.58 bits per heavy atom. The number of benzene rings is 4. The Morgan fingerprint density at radius 1 is 0.564 bits per heavy atom. The van der Waals surface area contributed by atoms with E-state index in [1.54, 1.807) is 12.1 Å². The summed E-state index contributed by atoms with van der Waals surface area (Å²) in [6.07, 6.45) is 14.5. The highest BCUT2D eigenvalue weighted by molar-refractivity contribution is 5.92. The number of aromatic nitrogens is 3. The molecule has 3 unspecified atom stereocenters. The minimum absolute atomic E-state index is 0.255. The fourth-order valence-electron chi connectivity index (χ4n) is 12.6. The van der Waals surface area contributed by atoms with E-state index in [4.69, 9.17) is 15.0 Å². The largest absolute Gasteiger partial charge is 0.208 e. The molecule has 0 saturated heterocycles. The van der Waals surface area contributed by atoms with Crippen LogP contribution < -0.4 is 0 Å². The molecule has 5 aromatic rings. The molecule has 5 nitrogen and oxygen atoms in total. The lowest BCUT2D eigenvalue weighted by atomic mass is 9.54. The van der Waals surface area contributed by atoms with Crippen LogP contribution in [0.5, 0.6) is 0 Å². The van der Waals surface area contributed by atoms with E-state index in [-0.39, 0.29) is 10.8 Å². The summed E-state index contributed by atoms with van der Waals surface area (Å²) in [6, 6.07) is 32.3. The van der Waals surface area contributed by atoms with Gasteiger partial charge in [-0.3, -0.25) is 0 Å². The van der Waals surface area contributed by atoms with Crippen molar-refractivity contribution in [3.05, 3.63) is 101 Å².